The van der Waals surface area contributed by atoms with Crippen LogP contribution in [0.4, 0.5) is 0 Å². The fourth-order valence-electron chi connectivity index (χ4n) is 1.74. The maximum Gasteiger partial charge on any atom is 0.226 e. The van der Waals surface area contributed by atoms with Gasteiger partial charge in [-0.1, -0.05) is 13.0 Å². The molecule has 108 valence electrons. The van der Waals surface area contributed by atoms with Gasteiger partial charge in [0.15, 0.2) is 0 Å². The van der Waals surface area contributed by atoms with Crippen LogP contribution < -0.4 is 5.32 Å². The van der Waals surface area contributed by atoms with Gasteiger partial charge < -0.3 is 10.4 Å². The van der Waals surface area contributed by atoms with Gasteiger partial charge in [0, 0.05) is 18.5 Å². The number of thiazole rings is 1. The molecule has 2 N–H and O–H groups in total. The normalized spacial score (nSPS) is 12.3. The number of aromatic nitrogens is 1. The molecule has 0 saturated carbocycles. The van der Waals surface area contributed by atoms with Crippen LogP contribution in [-0.2, 0) is 11.2 Å². The maximum atomic E-state index is 11.8. The van der Waals surface area contributed by atoms with E-state index in [1.165, 1.54) is 0 Å². The summed E-state index contributed by atoms with van der Waals surface area (Å²) >= 11 is 3.22. The number of hydrogen-bond donors (Lipinski definition) is 2. The minimum atomic E-state index is -0.0159. The van der Waals surface area contributed by atoms with Crippen molar-refractivity contribution in [2.24, 2.45) is 5.92 Å². The van der Waals surface area contributed by atoms with Gasteiger partial charge in [0.1, 0.15) is 5.01 Å². The molecule has 0 aliphatic heterocycles. The van der Waals surface area contributed by atoms with E-state index >= 15 is 0 Å². The standard InChI is InChI=1S/C14H18N2O2S2/c1-10(4-5-17)8-15-13(18)7-11-9-20-14(16-11)12-3-2-6-19-12/h2-3,6,9-10,17H,4-5,7-8H2,1H3,(H,15,18). The lowest BCUT2D eigenvalue weighted by molar-refractivity contribution is -0.120. The minimum Gasteiger partial charge on any atom is -0.396 e. The first-order valence-electron chi connectivity index (χ1n) is 6.55. The van der Waals surface area contributed by atoms with Crippen molar-refractivity contribution < 1.29 is 9.90 Å². The third-order valence-electron chi connectivity index (χ3n) is 2.89. The second-order valence-electron chi connectivity index (χ2n) is 4.72. The Labute approximate surface area is 126 Å². The zero-order valence-electron chi connectivity index (χ0n) is 11.3. The predicted molar refractivity (Wildman–Crippen MR) is 83.0 cm³/mol. The zero-order chi connectivity index (χ0) is 14.4. The van der Waals surface area contributed by atoms with Crippen molar-refractivity contribution in [1.82, 2.24) is 10.3 Å². The molecule has 2 heterocycles. The molecule has 0 spiro atoms. The van der Waals surface area contributed by atoms with Gasteiger partial charge in [-0.3, -0.25) is 4.79 Å². The summed E-state index contributed by atoms with van der Waals surface area (Å²) in [7, 11) is 0. The Morgan fingerprint density at radius 2 is 2.35 bits per heavy atom. The van der Waals surface area contributed by atoms with E-state index in [-0.39, 0.29) is 12.5 Å². The van der Waals surface area contributed by atoms with Crippen molar-refractivity contribution in [2.45, 2.75) is 19.8 Å². The highest BCUT2D eigenvalue weighted by atomic mass is 32.1. The summed E-state index contributed by atoms with van der Waals surface area (Å²) in [6.45, 7) is 2.77. The van der Waals surface area contributed by atoms with Gasteiger partial charge in [-0.05, 0) is 23.8 Å². The van der Waals surface area contributed by atoms with E-state index in [9.17, 15) is 4.79 Å². The summed E-state index contributed by atoms with van der Waals surface area (Å²) in [6.07, 6.45) is 1.02. The van der Waals surface area contributed by atoms with E-state index in [0.29, 0.717) is 25.3 Å². The molecule has 4 nitrogen and oxygen atoms in total. The topological polar surface area (TPSA) is 62.2 Å². The number of carbonyl (C=O) groups excluding carboxylic acids is 1. The fourth-order valence-corrected chi connectivity index (χ4v) is 3.37. The number of nitrogens with one attached hydrogen (secondary N) is 1. The van der Waals surface area contributed by atoms with Crippen molar-refractivity contribution in [2.75, 3.05) is 13.2 Å². The van der Waals surface area contributed by atoms with Crippen LogP contribution in [0.1, 0.15) is 19.0 Å². The zero-order valence-corrected chi connectivity index (χ0v) is 13.0. The molecule has 1 atom stereocenters. The van der Waals surface area contributed by atoms with Crippen LogP contribution in [0.25, 0.3) is 9.88 Å². The number of aliphatic hydroxyl groups excluding tert-OH is 1. The lowest BCUT2D eigenvalue weighted by atomic mass is 10.1. The van der Waals surface area contributed by atoms with Crippen LogP contribution in [-0.4, -0.2) is 29.1 Å². The SMILES string of the molecule is CC(CCO)CNC(=O)Cc1csc(-c2cccs2)n1. The number of rotatable bonds is 7. The monoisotopic (exact) mass is 310 g/mol. The molecule has 2 rings (SSSR count). The van der Waals surface area contributed by atoms with Gasteiger partial charge >= 0.3 is 0 Å². The summed E-state index contributed by atoms with van der Waals surface area (Å²) in [5.41, 5.74) is 0.811. The van der Waals surface area contributed by atoms with Gasteiger partial charge in [0.25, 0.3) is 0 Å². The van der Waals surface area contributed by atoms with Crippen LogP contribution in [0.15, 0.2) is 22.9 Å². The van der Waals surface area contributed by atoms with Crippen molar-refractivity contribution >= 4 is 28.6 Å². The molecule has 0 aliphatic carbocycles. The van der Waals surface area contributed by atoms with E-state index in [0.717, 1.165) is 15.6 Å². The summed E-state index contributed by atoms with van der Waals surface area (Å²) in [5.74, 6) is 0.277. The van der Waals surface area contributed by atoms with Gasteiger partial charge in [-0.25, -0.2) is 4.98 Å². The third kappa shape index (κ3) is 4.40. The van der Waals surface area contributed by atoms with Gasteiger partial charge in [0.05, 0.1) is 17.0 Å². The fraction of sp³-hybridized carbons (Fsp3) is 0.429. The third-order valence-corrected chi connectivity index (χ3v) is 4.83. The average Bonchev–Trinajstić information content (AvgIpc) is 3.07. The van der Waals surface area contributed by atoms with E-state index < -0.39 is 0 Å². The number of carbonyl (C=O) groups is 1. The molecule has 6 heteroatoms. The highest BCUT2D eigenvalue weighted by Gasteiger charge is 2.10. The van der Waals surface area contributed by atoms with Crippen molar-refractivity contribution in [3.05, 3.63) is 28.6 Å². The lowest BCUT2D eigenvalue weighted by Crippen LogP contribution is -2.30. The Morgan fingerprint density at radius 3 is 3.05 bits per heavy atom. The summed E-state index contributed by atoms with van der Waals surface area (Å²) < 4.78 is 0. The number of aliphatic hydroxyl groups is 1. The van der Waals surface area contributed by atoms with Crippen LogP contribution in [0, 0.1) is 5.92 Å². The first-order chi connectivity index (χ1) is 9.69. The Bertz CT molecular complexity index is 537. The van der Waals surface area contributed by atoms with Crippen LogP contribution in [0.2, 0.25) is 0 Å². The second kappa shape index (κ2) is 7.52. The number of amides is 1. The Hall–Kier alpha value is -1.24. The van der Waals surface area contributed by atoms with E-state index in [4.69, 9.17) is 5.11 Å². The van der Waals surface area contributed by atoms with Crippen LogP contribution >= 0.6 is 22.7 Å². The van der Waals surface area contributed by atoms with Gasteiger partial charge in [0.2, 0.25) is 5.91 Å². The maximum absolute atomic E-state index is 11.8. The molecule has 0 fully saturated rings. The second-order valence-corrected chi connectivity index (χ2v) is 6.53. The minimum absolute atomic E-state index is 0.0159. The number of hydrogen-bond acceptors (Lipinski definition) is 5. The molecular formula is C14H18N2O2S2. The molecule has 2 aromatic rings. The van der Waals surface area contributed by atoms with Gasteiger partial charge in [-0.2, -0.15) is 0 Å². The molecule has 20 heavy (non-hydrogen) atoms. The number of thiophene rings is 1. The first-order valence-corrected chi connectivity index (χ1v) is 8.31. The molecular weight excluding hydrogens is 292 g/mol. The van der Waals surface area contributed by atoms with E-state index in [1.807, 2.05) is 29.8 Å². The molecule has 0 saturated heterocycles. The Morgan fingerprint density at radius 1 is 1.50 bits per heavy atom. The lowest BCUT2D eigenvalue weighted by Gasteiger charge is -2.10. The highest BCUT2D eigenvalue weighted by Crippen LogP contribution is 2.27. The van der Waals surface area contributed by atoms with E-state index in [1.54, 1.807) is 22.7 Å². The van der Waals surface area contributed by atoms with Crippen LogP contribution in [0.3, 0.4) is 0 Å². The Kier molecular flexibility index (Phi) is 5.70. The molecule has 2 aromatic heterocycles. The van der Waals surface area contributed by atoms with Crippen molar-refractivity contribution in [3.8, 4) is 9.88 Å². The van der Waals surface area contributed by atoms with Crippen molar-refractivity contribution in [1.29, 1.82) is 0 Å². The Balaban J connectivity index is 1.83. The smallest absolute Gasteiger partial charge is 0.226 e. The first kappa shape index (κ1) is 15.2. The van der Waals surface area contributed by atoms with Crippen LogP contribution in [0.5, 0.6) is 0 Å². The summed E-state index contributed by atoms with van der Waals surface area (Å²) in [4.78, 5) is 17.4. The predicted octanol–water partition coefficient (Wildman–Crippen LogP) is 2.55. The molecule has 0 radical (unpaired) electrons. The number of nitrogens with zero attached hydrogens (tertiary/aromatic N) is 1. The molecule has 0 aromatic carbocycles. The molecule has 0 bridgehead atoms. The van der Waals surface area contributed by atoms with E-state index in [2.05, 4.69) is 10.3 Å². The van der Waals surface area contributed by atoms with Crippen molar-refractivity contribution in [3.63, 3.8) is 0 Å². The summed E-state index contributed by atoms with van der Waals surface area (Å²) in [5, 5.41) is 16.6. The molecule has 1 unspecified atom stereocenters. The largest absolute Gasteiger partial charge is 0.396 e. The molecule has 0 aliphatic rings. The quantitative estimate of drug-likeness (QED) is 0.826. The highest BCUT2D eigenvalue weighted by molar-refractivity contribution is 7.20. The van der Waals surface area contributed by atoms with Gasteiger partial charge in [-0.15, -0.1) is 22.7 Å². The molecule has 1 amide bonds. The summed E-state index contributed by atoms with van der Waals surface area (Å²) in [6, 6.07) is 4.03. The average molecular weight is 310 g/mol.